The molecule has 1 aliphatic heterocycles. The Kier molecular flexibility index (Phi) is 4.54. The van der Waals surface area contributed by atoms with Crippen LogP contribution in [0.4, 0.5) is 0 Å². The molecule has 1 unspecified atom stereocenters. The normalized spacial score (nSPS) is 18.6. The van der Waals surface area contributed by atoms with Gasteiger partial charge in [0.15, 0.2) is 5.78 Å². The highest BCUT2D eigenvalue weighted by Gasteiger charge is 2.20. The number of allylic oxidation sites excluding steroid dienone is 1. The van der Waals surface area contributed by atoms with E-state index in [0.717, 1.165) is 31.4 Å². The van der Waals surface area contributed by atoms with Gasteiger partial charge < -0.3 is 10.5 Å². The SMILES string of the molecule is CC(C)(C)CC(N)CC(=O)C1=COCCC1. The van der Waals surface area contributed by atoms with Crippen LogP contribution in [0.2, 0.25) is 0 Å². The van der Waals surface area contributed by atoms with Gasteiger partial charge in [0.05, 0.1) is 12.9 Å². The number of carbonyl (C=O) groups excluding carboxylic acids is 1. The first-order valence-electron chi connectivity index (χ1n) is 5.98. The minimum Gasteiger partial charge on any atom is -0.501 e. The number of hydrogen-bond acceptors (Lipinski definition) is 3. The zero-order valence-electron chi connectivity index (χ0n) is 10.6. The summed E-state index contributed by atoms with van der Waals surface area (Å²) in [6.07, 6.45) is 4.68. The monoisotopic (exact) mass is 225 g/mol. The van der Waals surface area contributed by atoms with Gasteiger partial charge in [-0.2, -0.15) is 0 Å². The summed E-state index contributed by atoms with van der Waals surface area (Å²) >= 11 is 0. The van der Waals surface area contributed by atoms with Crippen LogP contribution >= 0.6 is 0 Å². The molecule has 0 aromatic carbocycles. The fraction of sp³-hybridized carbons (Fsp3) is 0.769. The molecule has 0 aromatic heterocycles. The Bertz CT molecular complexity index is 276. The summed E-state index contributed by atoms with van der Waals surface area (Å²) in [6.45, 7) is 7.14. The van der Waals surface area contributed by atoms with Gasteiger partial charge in [-0.1, -0.05) is 20.8 Å². The zero-order chi connectivity index (χ0) is 12.2. The van der Waals surface area contributed by atoms with Crippen LogP contribution < -0.4 is 5.73 Å². The molecule has 0 saturated heterocycles. The van der Waals surface area contributed by atoms with Crippen LogP contribution in [0.25, 0.3) is 0 Å². The number of ether oxygens (including phenoxy) is 1. The predicted molar refractivity (Wildman–Crippen MR) is 64.9 cm³/mol. The van der Waals surface area contributed by atoms with Crippen molar-refractivity contribution in [2.75, 3.05) is 6.61 Å². The smallest absolute Gasteiger partial charge is 0.163 e. The number of Topliss-reactive ketones (excluding diaryl/α,β-unsaturated/α-hetero) is 1. The number of ketones is 1. The summed E-state index contributed by atoms with van der Waals surface area (Å²) < 4.78 is 5.16. The molecule has 0 radical (unpaired) electrons. The third-order valence-corrected chi connectivity index (χ3v) is 2.61. The maximum atomic E-state index is 11.9. The molecule has 1 atom stereocenters. The van der Waals surface area contributed by atoms with Gasteiger partial charge in [0.1, 0.15) is 0 Å². The van der Waals surface area contributed by atoms with Crippen molar-refractivity contribution in [1.29, 1.82) is 0 Å². The molecule has 1 aliphatic rings. The Morgan fingerprint density at radius 1 is 1.56 bits per heavy atom. The van der Waals surface area contributed by atoms with E-state index >= 15 is 0 Å². The van der Waals surface area contributed by atoms with Crippen molar-refractivity contribution in [3.8, 4) is 0 Å². The van der Waals surface area contributed by atoms with Gasteiger partial charge in [0.2, 0.25) is 0 Å². The molecule has 3 nitrogen and oxygen atoms in total. The van der Waals surface area contributed by atoms with Crippen molar-refractivity contribution in [1.82, 2.24) is 0 Å². The summed E-state index contributed by atoms with van der Waals surface area (Å²) in [4.78, 5) is 11.9. The van der Waals surface area contributed by atoms with Crippen LogP contribution in [0.5, 0.6) is 0 Å². The summed E-state index contributed by atoms with van der Waals surface area (Å²) in [5.74, 6) is 0.149. The van der Waals surface area contributed by atoms with Crippen LogP contribution in [0.15, 0.2) is 11.8 Å². The Morgan fingerprint density at radius 3 is 2.75 bits per heavy atom. The highest BCUT2D eigenvalue weighted by atomic mass is 16.5. The second-order valence-electron chi connectivity index (χ2n) is 5.77. The fourth-order valence-corrected chi connectivity index (χ4v) is 2.00. The average molecular weight is 225 g/mol. The number of hydrogen-bond donors (Lipinski definition) is 1. The molecule has 0 fully saturated rings. The predicted octanol–water partition coefficient (Wildman–Crippen LogP) is 2.40. The molecule has 2 N–H and O–H groups in total. The lowest BCUT2D eigenvalue weighted by Gasteiger charge is -2.23. The molecule has 0 saturated carbocycles. The fourth-order valence-electron chi connectivity index (χ4n) is 2.00. The lowest BCUT2D eigenvalue weighted by atomic mass is 9.86. The van der Waals surface area contributed by atoms with Crippen LogP contribution in [-0.4, -0.2) is 18.4 Å². The molecule has 0 aromatic rings. The van der Waals surface area contributed by atoms with Crippen molar-refractivity contribution >= 4 is 5.78 Å². The van der Waals surface area contributed by atoms with E-state index in [2.05, 4.69) is 20.8 Å². The van der Waals surface area contributed by atoms with E-state index in [1.807, 2.05) is 0 Å². The quantitative estimate of drug-likeness (QED) is 0.799. The Morgan fingerprint density at radius 2 is 2.25 bits per heavy atom. The van der Waals surface area contributed by atoms with Crippen LogP contribution in [0, 0.1) is 5.41 Å². The van der Waals surface area contributed by atoms with E-state index in [1.165, 1.54) is 0 Å². The van der Waals surface area contributed by atoms with Crippen molar-refractivity contribution in [3.05, 3.63) is 11.8 Å². The average Bonchev–Trinajstić information content (AvgIpc) is 2.16. The minimum atomic E-state index is -0.0460. The largest absolute Gasteiger partial charge is 0.501 e. The van der Waals surface area contributed by atoms with E-state index in [-0.39, 0.29) is 17.2 Å². The molecule has 92 valence electrons. The molecule has 1 heterocycles. The summed E-state index contributed by atoms with van der Waals surface area (Å²) in [6, 6.07) is -0.0460. The van der Waals surface area contributed by atoms with Gasteiger partial charge in [0.25, 0.3) is 0 Å². The minimum absolute atomic E-state index is 0.0460. The van der Waals surface area contributed by atoms with Gasteiger partial charge in [-0.05, 0) is 24.7 Å². The number of carbonyl (C=O) groups is 1. The summed E-state index contributed by atoms with van der Waals surface area (Å²) in [7, 11) is 0. The maximum Gasteiger partial charge on any atom is 0.163 e. The first-order chi connectivity index (χ1) is 7.38. The maximum absolute atomic E-state index is 11.9. The Hall–Kier alpha value is -0.830. The molecule has 0 bridgehead atoms. The molecule has 0 spiro atoms. The highest BCUT2D eigenvalue weighted by molar-refractivity contribution is 5.95. The Balaban J connectivity index is 2.41. The lowest BCUT2D eigenvalue weighted by Crippen LogP contribution is -2.29. The molecule has 3 heteroatoms. The Labute approximate surface area is 98.0 Å². The van der Waals surface area contributed by atoms with Gasteiger partial charge in [-0.15, -0.1) is 0 Å². The van der Waals surface area contributed by atoms with Gasteiger partial charge in [-0.25, -0.2) is 0 Å². The van der Waals surface area contributed by atoms with E-state index in [1.54, 1.807) is 6.26 Å². The standard InChI is InChI=1S/C13H23NO2/c1-13(2,3)8-11(14)7-12(15)10-5-4-6-16-9-10/h9,11H,4-8,14H2,1-3H3. The van der Waals surface area contributed by atoms with Crippen molar-refractivity contribution in [2.45, 2.75) is 52.5 Å². The highest BCUT2D eigenvalue weighted by Crippen LogP contribution is 2.22. The molecular formula is C13H23NO2. The van der Waals surface area contributed by atoms with E-state index in [4.69, 9.17) is 10.5 Å². The lowest BCUT2D eigenvalue weighted by molar-refractivity contribution is -0.116. The van der Waals surface area contributed by atoms with E-state index < -0.39 is 0 Å². The molecule has 0 aliphatic carbocycles. The van der Waals surface area contributed by atoms with Crippen LogP contribution in [0.3, 0.4) is 0 Å². The first-order valence-corrected chi connectivity index (χ1v) is 5.98. The summed E-state index contributed by atoms with van der Waals surface area (Å²) in [5, 5.41) is 0. The summed E-state index contributed by atoms with van der Waals surface area (Å²) in [5.41, 5.74) is 6.96. The van der Waals surface area contributed by atoms with E-state index in [9.17, 15) is 4.79 Å². The first kappa shape index (κ1) is 13.2. The zero-order valence-corrected chi connectivity index (χ0v) is 10.6. The second-order valence-corrected chi connectivity index (χ2v) is 5.77. The number of rotatable bonds is 4. The second kappa shape index (κ2) is 5.48. The molecule has 1 rings (SSSR count). The van der Waals surface area contributed by atoms with Gasteiger partial charge in [0, 0.05) is 18.0 Å². The molecule has 16 heavy (non-hydrogen) atoms. The van der Waals surface area contributed by atoms with Gasteiger partial charge in [-0.3, -0.25) is 4.79 Å². The number of nitrogens with two attached hydrogens (primary N) is 1. The third-order valence-electron chi connectivity index (χ3n) is 2.61. The van der Waals surface area contributed by atoms with Crippen molar-refractivity contribution in [3.63, 3.8) is 0 Å². The van der Waals surface area contributed by atoms with Gasteiger partial charge >= 0.3 is 0 Å². The molecular weight excluding hydrogens is 202 g/mol. The van der Waals surface area contributed by atoms with Crippen LogP contribution in [0.1, 0.15) is 46.5 Å². The topological polar surface area (TPSA) is 52.3 Å². The van der Waals surface area contributed by atoms with Crippen LogP contribution in [-0.2, 0) is 9.53 Å². The van der Waals surface area contributed by atoms with E-state index in [0.29, 0.717) is 6.42 Å². The van der Waals surface area contributed by atoms with Crippen molar-refractivity contribution in [2.24, 2.45) is 11.1 Å². The third kappa shape index (κ3) is 4.79. The molecule has 0 amide bonds. The van der Waals surface area contributed by atoms with Crippen molar-refractivity contribution < 1.29 is 9.53 Å².